The van der Waals surface area contributed by atoms with E-state index in [1.54, 1.807) is 12.4 Å². The summed E-state index contributed by atoms with van der Waals surface area (Å²) in [5, 5.41) is 2.89. The van der Waals surface area contributed by atoms with E-state index < -0.39 is 0 Å². The minimum absolute atomic E-state index is 0.162. The predicted molar refractivity (Wildman–Crippen MR) is 107 cm³/mol. The molecular formula is C22H23N3O2. The average molecular weight is 361 g/mol. The van der Waals surface area contributed by atoms with Crippen LogP contribution in [0, 0.1) is 27.7 Å². The summed E-state index contributed by atoms with van der Waals surface area (Å²) >= 11 is 0. The van der Waals surface area contributed by atoms with Crippen molar-refractivity contribution >= 4 is 5.91 Å². The summed E-state index contributed by atoms with van der Waals surface area (Å²) in [6.07, 6.45) is 3.50. The maximum Gasteiger partial charge on any atom is 0.253 e. The molecule has 0 bridgehead atoms. The second-order valence-electron chi connectivity index (χ2n) is 6.83. The van der Waals surface area contributed by atoms with Crippen molar-refractivity contribution in [3.63, 3.8) is 0 Å². The molecular weight excluding hydrogens is 338 g/mol. The third-order valence-electron chi connectivity index (χ3n) is 4.83. The molecule has 0 aliphatic carbocycles. The second-order valence-corrected chi connectivity index (χ2v) is 6.83. The maximum atomic E-state index is 12.8. The molecule has 5 heteroatoms. The number of aromatic nitrogens is 2. The van der Waals surface area contributed by atoms with Gasteiger partial charge in [0.25, 0.3) is 11.5 Å². The molecule has 0 aliphatic heterocycles. The highest BCUT2D eigenvalue weighted by molar-refractivity contribution is 5.97. The fraction of sp³-hybridized carbons (Fsp3) is 0.227. The van der Waals surface area contributed by atoms with Gasteiger partial charge in [-0.15, -0.1) is 0 Å². The van der Waals surface area contributed by atoms with E-state index in [0.717, 1.165) is 33.5 Å². The molecule has 3 rings (SSSR count). The first kappa shape index (κ1) is 18.6. The van der Waals surface area contributed by atoms with Crippen LogP contribution in [-0.2, 0) is 6.54 Å². The molecule has 2 heterocycles. The Morgan fingerprint density at radius 3 is 2.52 bits per heavy atom. The number of hydrogen-bond acceptors (Lipinski definition) is 3. The molecule has 1 amide bonds. The zero-order valence-electron chi connectivity index (χ0n) is 16.0. The maximum absolute atomic E-state index is 12.8. The van der Waals surface area contributed by atoms with Crippen molar-refractivity contribution in [2.75, 3.05) is 0 Å². The molecule has 0 saturated carbocycles. The number of carbonyl (C=O) groups excluding carboxylic acids is 1. The average Bonchev–Trinajstić information content (AvgIpc) is 2.63. The second kappa shape index (κ2) is 7.58. The smallest absolute Gasteiger partial charge is 0.253 e. The first-order chi connectivity index (χ1) is 12.9. The van der Waals surface area contributed by atoms with Gasteiger partial charge in [0, 0.05) is 41.3 Å². The van der Waals surface area contributed by atoms with Crippen LogP contribution in [-0.4, -0.2) is 15.9 Å². The van der Waals surface area contributed by atoms with Crippen molar-refractivity contribution in [1.82, 2.24) is 15.3 Å². The number of hydrogen-bond donors (Lipinski definition) is 2. The summed E-state index contributed by atoms with van der Waals surface area (Å²) in [4.78, 5) is 31.9. The highest BCUT2D eigenvalue weighted by atomic mass is 16.1. The Kier molecular flexibility index (Phi) is 5.21. The lowest BCUT2D eigenvalue weighted by atomic mass is 9.96. The number of benzene rings is 1. The number of pyridine rings is 2. The van der Waals surface area contributed by atoms with Crippen LogP contribution in [0.2, 0.25) is 0 Å². The molecule has 0 unspecified atom stereocenters. The molecule has 1 aromatic carbocycles. The van der Waals surface area contributed by atoms with Crippen molar-refractivity contribution in [3.8, 4) is 11.1 Å². The Morgan fingerprint density at radius 1 is 1.07 bits per heavy atom. The Bertz CT molecular complexity index is 1050. The van der Waals surface area contributed by atoms with Gasteiger partial charge in [0.05, 0.1) is 0 Å². The number of carbonyl (C=O) groups is 1. The molecule has 0 fully saturated rings. The Morgan fingerprint density at radius 2 is 1.85 bits per heavy atom. The van der Waals surface area contributed by atoms with Crippen LogP contribution in [0.25, 0.3) is 11.1 Å². The highest BCUT2D eigenvalue weighted by Crippen LogP contribution is 2.24. The summed E-state index contributed by atoms with van der Waals surface area (Å²) in [5.74, 6) is -0.194. The van der Waals surface area contributed by atoms with Crippen molar-refractivity contribution in [3.05, 3.63) is 86.6 Å². The fourth-order valence-electron chi connectivity index (χ4n) is 3.16. The van der Waals surface area contributed by atoms with Gasteiger partial charge in [-0.25, -0.2) is 0 Å². The number of nitrogens with one attached hydrogen (secondary N) is 2. The molecule has 2 N–H and O–H groups in total. The minimum Gasteiger partial charge on any atom is -0.348 e. The summed E-state index contributed by atoms with van der Waals surface area (Å²) in [6, 6.07) is 9.67. The predicted octanol–water partition coefficient (Wildman–Crippen LogP) is 3.60. The molecule has 0 atom stereocenters. The Balaban J connectivity index is 1.89. The standard InChI is InChI=1S/C22H23N3O2/c1-13-9-18(17-6-5-7-23-11-17)10-19(16(13)4)21(26)24-12-20-14(2)8-15(3)25-22(20)27/h5-11H,12H2,1-4H3,(H,24,26)(H,25,27). The van der Waals surface area contributed by atoms with Gasteiger partial charge < -0.3 is 10.3 Å². The van der Waals surface area contributed by atoms with Gasteiger partial charge in [0.1, 0.15) is 0 Å². The number of aryl methyl sites for hydroxylation is 3. The van der Waals surface area contributed by atoms with Crippen LogP contribution < -0.4 is 10.9 Å². The summed E-state index contributed by atoms with van der Waals surface area (Å²) in [5.41, 5.74) is 6.56. The van der Waals surface area contributed by atoms with Crippen molar-refractivity contribution in [1.29, 1.82) is 0 Å². The first-order valence-corrected chi connectivity index (χ1v) is 8.86. The number of amides is 1. The van der Waals surface area contributed by atoms with Crippen LogP contribution in [0.5, 0.6) is 0 Å². The van der Waals surface area contributed by atoms with Crippen LogP contribution in [0.15, 0.2) is 47.5 Å². The Labute approximate surface area is 158 Å². The molecule has 2 aromatic heterocycles. The molecule has 27 heavy (non-hydrogen) atoms. The van der Waals surface area contributed by atoms with Crippen LogP contribution in [0.4, 0.5) is 0 Å². The monoisotopic (exact) mass is 361 g/mol. The van der Waals surface area contributed by atoms with E-state index in [1.807, 2.05) is 52.0 Å². The van der Waals surface area contributed by atoms with E-state index in [1.165, 1.54) is 0 Å². The van der Waals surface area contributed by atoms with Gasteiger partial charge in [-0.2, -0.15) is 0 Å². The van der Waals surface area contributed by atoms with E-state index in [2.05, 4.69) is 21.4 Å². The molecule has 3 aromatic rings. The summed E-state index contributed by atoms with van der Waals surface area (Å²) in [6.45, 7) is 7.83. The quantitative estimate of drug-likeness (QED) is 0.745. The number of aromatic amines is 1. The van der Waals surface area contributed by atoms with Crippen LogP contribution in [0.1, 0.15) is 38.3 Å². The molecule has 138 valence electrons. The molecule has 5 nitrogen and oxygen atoms in total. The van der Waals surface area contributed by atoms with Crippen LogP contribution >= 0.6 is 0 Å². The zero-order valence-corrected chi connectivity index (χ0v) is 16.0. The SMILES string of the molecule is Cc1cc(C)c(CNC(=O)c2cc(-c3cccnc3)cc(C)c2C)c(=O)[nH]1. The number of H-pyrrole nitrogens is 1. The van der Waals surface area contributed by atoms with Crippen LogP contribution in [0.3, 0.4) is 0 Å². The topological polar surface area (TPSA) is 74.8 Å². The van der Waals surface area contributed by atoms with Gasteiger partial charge in [-0.1, -0.05) is 12.1 Å². The summed E-state index contributed by atoms with van der Waals surface area (Å²) < 4.78 is 0. The third-order valence-corrected chi connectivity index (χ3v) is 4.83. The lowest BCUT2D eigenvalue weighted by molar-refractivity contribution is 0.0950. The molecule has 0 spiro atoms. The zero-order chi connectivity index (χ0) is 19.6. The first-order valence-electron chi connectivity index (χ1n) is 8.86. The normalized spacial score (nSPS) is 10.7. The van der Waals surface area contributed by atoms with Crippen molar-refractivity contribution < 1.29 is 4.79 Å². The number of rotatable bonds is 4. The van der Waals surface area contributed by atoms with E-state index in [4.69, 9.17) is 0 Å². The molecule has 0 aliphatic rings. The summed E-state index contributed by atoms with van der Waals surface area (Å²) in [7, 11) is 0. The van der Waals surface area contributed by atoms with Crippen molar-refractivity contribution in [2.24, 2.45) is 0 Å². The van der Waals surface area contributed by atoms with E-state index in [9.17, 15) is 9.59 Å². The van der Waals surface area contributed by atoms with Gasteiger partial charge in [0.2, 0.25) is 0 Å². The van der Waals surface area contributed by atoms with E-state index >= 15 is 0 Å². The van der Waals surface area contributed by atoms with Gasteiger partial charge in [-0.3, -0.25) is 14.6 Å². The largest absolute Gasteiger partial charge is 0.348 e. The van der Waals surface area contributed by atoms with E-state index in [-0.39, 0.29) is 18.0 Å². The van der Waals surface area contributed by atoms with Gasteiger partial charge in [-0.05, 0) is 68.1 Å². The van der Waals surface area contributed by atoms with E-state index in [0.29, 0.717) is 11.1 Å². The van der Waals surface area contributed by atoms with Crippen molar-refractivity contribution in [2.45, 2.75) is 34.2 Å². The lowest BCUT2D eigenvalue weighted by Gasteiger charge is -2.13. The number of nitrogens with zero attached hydrogens (tertiary/aromatic N) is 1. The third kappa shape index (κ3) is 3.97. The molecule has 0 saturated heterocycles. The fourth-order valence-corrected chi connectivity index (χ4v) is 3.16. The van der Waals surface area contributed by atoms with Gasteiger partial charge >= 0.3 is 0 Å². The minimum atomic E-state index is -0.194. The Hall–Kier alpha value is -3.21. The molecule has 0 radical (unpaired) electrons. The van der Waals surface area contributed by atoms with Gasteiger partial charge in [0.15, 0.2) is 0 Å². The lowest BCUT2D eigenvalue weighted by Crippen LogP contribution is -2.28. The highest BCUT2D eigenvalue weighted by Gasteiger charge is 2.14.